The van der Waals surface area contributed by atoms with Crippen LogP contribution in [0.25, 0.3) is 10.6 Å². The topological polar surface area (TPSA) is 29.8 Å². The van der Waals surface area contributed by atoms with Crippen LogP contribution in [0.4, 0.5) is 5.69 Å². The van der Waals surface area contributed by atoms with E-state index in [0.29, 0.717) is 0 Å². The fraction of sp³-hybridized carbons (Fsp3) is 0.409. The summed E-state index contributed by atoms with van der Waals surface area (Å²) in [4.78, 5) is 9.90. The second-order valence-electron chi connectivity index (χ2n) is 7.30. The molecule has 2 aromatic heterocycles. The molecule has 0 aliphatic carbocycles. The summed E-state index contributed by atoms with van der Waals surface area (Å²) in [5, 5.41) is 4.40. The Labute approximate surface area is 174 Å². The van der Waals surface area contributed by atoms with Crippen LogP contribution in [0.15, 0.2) is 46.1 Å². The first-order valence-electron chi connectivity index (χ1n) is 9.84. The lowest BCUT2D eigenvalue weighted by Gasteiger charge is -2.26. The van der Waals surface area contributed by atoms with Crippen molar-refractivity contribution in [1.29, 1.82) is 0 Å². The molecule has 0 atom stereocenters. The molecule has 3 aromatic rings. The van der Waals surface area contributed by atoms with Crippen molar-refractivity contribution in [2.75, 3.05) is 32.8 Å². The highest BCUT2D eigenvalue weighted by Crippen LogP contribution is 2.26. The first kappa shape index (κ1) is 19.6. The molecule has 0 spiro atoms. The van der Waals surface area contributed by atoms with E-state index in [2.05, 4.69) is 64.4 Å². The van der Waals surface area contributed by atoms with Crippen molar-refractivity contribution in [2.45, 2.75) is 26.8 Å². The Morgan fingerprint density at radius 3 is 2.54 bits per heavy atom. The van der Waals surface area contributed by atoms with Gasteiger partial charge in [0.25, 0.3) is 0 Å². The zero-order chi connectivity index (χ0) is 19.3. The molecule has 1 fully saturated rings. The average Bonchev–Trinajstić information content (AvgIpc) is 3.32. The first-order valence-corrected chi connectivity index (χ1v) is 11.6. The van der Waals surface area contributed by atoms with Crippen LogP contribution in [0.5, 0.6) is 0 Å². The van der Waals surface area contributed by atoms with Gasteiger partial charge < -0.3 is 9.30 Å². The minimum atomic E-state index is 0.860. The number of hydrogen-bond donors (Lipinski definition) is 0. The molecular weight excluding hydrogens is 386 g/mol. The van der Waals surface area contributed by atoms with Gasteiger partial charge in [0.1, 0.15) is 0 Å². The number of aromatic nitrogens is 1. The fourth-order valence-electron chi connectivity index (χ4n) is 3.66. The standard InChI is InChI=1S/C22H27N3OS2/c1-17-13-18(2)15-19(14-17)23-22-25(7-4-6-24-8-10-26-11-9-24)20(16-28-22)21-5-3-12-27-21/h3,5,12-16H,4,6-11H2,1-2H3. The van der Waals surface area contributed by atoms with Crippen LogP contribution >= 0.6 is 22.7 Å². The Bertz CT molecular complexity index is 946. The van der Waals surface area contributed by atoms with Crippen molar-refractivity contribution in [2.24, 2.45) is 4.99 Å². The Balaban J connectivity index is 1.61. The van der Waals surface area contributed by atoms with Crippen molar-refractivity contribution in [3.8, 4) is 10.6 Å². The maximum absolute atomic E-state index is 5.47. The van der Waals surface area contributed by atoms with Crippen molar-refractivity contribution < 1.29 is 4.74 Å². The maximum atomic E-state index is 5.47. The minimum Gasteiger partial charge on any atom is -0.379 e. The third-order valence-corrected chi connectivity index (χ3v) is 6.72. The second-order valence-corrected chi connectivity index (χ2v) is 9.08. The molecule has 0 radical (unpaired) electrons. The highest BCUT2D eigenvalue weighted by atomic mass is 32.1. The molecule has 4 nitrogen and oxygen atoms in total. The maximum Gasteiger partial charge on any atom is 0.190 e. The summed E-state index contributed by atoms with van der Waals surface area (Å²) in [6.45, 7) is 10.2. The molecule has 0 unspecified atom stereocenters. The predicted octanol–water partition coefficient (Wildman–Crippen LogP) is 4.85. The molecule has 1 saturated heterocycles. The van der Waals surface area contributed by atoms with Crippen LogP contribution in [0.3, 0.4) is 0 Å². The Morgan fingerprint density at radius 2 is 1.82 bits per heavy atom. The normalized spacial score (nSPS) is 16.0. The molecule has 1 aliphatic rings. The highest BCUT2D eigenvalue weighted by Gasteiger charge is 2.12. The molecule has 3 heterocycles. The van der Waals surface area contributed by atoms with E-state index in [1.165, 1.54) is 21.7 Å². The molecule has 1 aromatic carbocycles. The van der Waals surface area contributed by atoms with Gasteiger partial charge in [-0.2, -0.15) is 0 Å². The molecule has 0 N–H and O–H groups in total. The summed E-state index contributed by atoms with van der Waals surface area (Å²) in [6.07, 6.45) is 1.12. The first-order chi connectivity index (χ1) is 13.7. The number of thiophene rings is 1. The highest BCUT2D eigenvalue weighted by molar-refractivity contribution is 7.14. The molecule has 0 amide bonds. The molecular formula is C22H27N3OS2. The second kappa shape index (κ2) is 9.18. The number of nitrogens with zero attached hydrogens (tertiary/aromatic N) is 3. The largest absolute Gasteiger partial charge is 0.379 e. The number of hydrogen-bond acceptors (Lipinski definition) is 5. The quantitative estimate of drug-likeness (QED) is 0.578. The molecule has 28 heavy (non-hydrogen) atoms. The summed E-state index contributed by atoms with van der Waals surface area (Å²) in [6, 6.07) is 10.8. The van der Waals surface area contributed by atoms with E-state index >= 15 is 0 Å². The van der Waals surface area contributed by atoms with Crippen LogP contribution in [-0.2, 0) is 11.3 Å². The SMILES string of the molecule is Cc1cc(C)cc(N=c2scc(-c3cccs3)n2CCCN2CCOCC2)c1. The lowest BCUT2D eigenvalue weighted by Crippen LogP contribution is -2.37. The van der Waals surface area contributed by atoms with Gasteiger partial charge in [-0.1, -0.05) is 12.1 Å². The summed E-state index contributed by atoms with van der Waals surface area (Å²) >= 11 is 3.53. The van der Waals surface area contributed by atoms with E-state index in [1.54, 1.807) is 22.7 Å². The zero-order valence-electron chi connectivity index (χ0n) is 16.6. The van der Waals surface area contributed by atoms with Crippen molar-refractivity contribution in [1.82, 2.24) is 9.47 Å². The number of ether oxygens (including phenoxy) is 1. The van der Waals surface area contributed by atoms with Gasteiger partial charge in [-0.05, 0) is 55.0 Å². The summed E-state index contributed by atoms with van der Waals surface area (Å²) in [7, 11) is 0. The van der Waals surface area contributed by atoms with E-state index < -0.39 is 0 Å². The summed E-state index contributed by atoms with van der Waals surface area (Å²) in [5.74, 6) is 0. The van der Waals surface area contributed by atoms with Gasteiger partial charge in [-0.3, -0.25) is 4.90 Å². The zero-order valence-corrected chi connectivity index (χ0v) is 18.2. The van der Waals surface area contributed by atoms with Gasteiger partial charge in [0.15, 0.2) is 4.80 Å². The molecule has 6 heteroatoms. The molecule has 0 bridgehead atoms. The van der Waals surface area contributed by atoms with Gasteiger partial charge in [-0.25, -0.2) is 4.99 Å². The molecule has 1 aliphatic heterocycles. The predicted molar refractivity (Wildman–Crippen MR) is 119 cm³/mol. The van der Waals surface area contributed by atoms with Gasteiger partial charge in [0.2, 0.25) is 0 Å². The minimum absolute atomic E-state index is 0.860. The Hall–Kier alpha value is -1.73. The van der Waals surface area contributed by atoms with Gasteiger partial charge in [0.05, 0.1) is 29.5 Å². The van der Waals surface area contributed by atoms with E-state index in [4.69, 9.17) is 9.73 Å². The van der Waals surface area contributed by atoms with Crippen LogP contribution < -0.4 is 4.80 Å². The number of aryl methyl sites for hydroxylation is 2. The molecule has 148 valence electrons. The van der Waals surface area contributed by atoms with Gasteiger partial charge in [0, 0.05) is 31.6 Å². The van der Waals surface area contributed by atoms with E-state index in [9.17, 15) is 0 Å². The van der Waals surface area contributed by atoms with E-state index in [-0.39, 0.29) is 0 Å². The van der Waals surface area contributed by atoms with Crippen molar-refractivity contribution >= 4 is 28.4 Å². The number of rotatable bonds is 6. The smallest absolute Gasteiger partial charge is 0.190 e. The van der Waals surface area contributed by atoms with Crippen molar-refractivity contribution in [3.05, 3.63) is 57.0 Å². The number of benzene rings is 1. The average molecular weight is 414 g/mol. The van der Waals surface area contributed by atoms with Gasteiger partial charge in [-0.15, -0.1) is 22.7 Å². The fourth-order valence-corrected chi connectivity index (χ4v) is 5.43. The lowest BCUT2D eigenvalue weighted by molar-refractivity contribution is 0.0369. The number of morpholine rings is 1. The lowest BCUT2D eigenvalue weighted by atomic mass is 10.1. The molecule has 4 rings (SSSR count). The van der Waals surface area contributed by atoms with E-state index in [0.717, 1.165) is 56.3 Å². The Kier molecular flexibility index (Phi) is 6.42. The third kappa shape index (κ3) is 4.81. The van der Waals surface area contributed by atoms with Crippen molar-refractivity contribution in [3.63, 3.8) is 0 Å². The monoisotopic (exact) mass is 413 g/mol. The summed E-state index contributed by atoms with van der Waals surface area (Å²) in [5.41, 5.74) is 4.84. The Morgan fingerprint density at radius 1 is 1.04 bits per heavy atom. The van der Waals surface area contributed by atoms with Crippen LogP contribution in [-0.4, -0.2) is 42.3 Å². The van der Waals surface area contributed by atoms with Crippen LogP contribution in [0, 0.1) is 13.8 Å². The number of thiazole rings is 1. The van der Waals surface area contributed by atoms with E-state index in [1.807, 2.05) is 0 Å². The molecule has 0 saturated carbocycles. The third-order valence-electron chi connectivity index (χ3n) is 4.96. The van der Waals surface area contributed by atoms with Crippen LogP contribution in [0.1, 0.15) is 17.5 Å². The summed E-state index contributed by atoms with van der Waals surface area (Å²) < 4.78 is 7.86. The van der Waals surface area contributed by atoms with Crippen LogP contribution in [0.2, 0.25) is 0 Å². The van der Waals surface area contributed by atoms with Gasteiger partial charge >= 0.3 is 0 Å².